The van der Waals surface area contributed by atoms with Crippen molar-refractivity contribution in [1.29, 1.82) is 0 Å². The molecule has 0 saturated carbocycles. The number of aryl methyl sites for hydroxylation is 6. The average Bonchev–Trinajstić information content (AvgIpc) is 0.838. The van der Waals surface area contributed by atoms with Gasteiger partial charge in [0.15, 0.2) is 0 Å². The van der Waals surface area contributed by atoms with Crippen LogP contribution in [0.1, 0.15) is 130 Å². The van der Waals surface area contributed by atoms with Gasteiger partial charge in [0.25, 0.3) is 0 Å². The molecule has 0 spiro atoms. The second kappa shape index (κ2) is 70.3. The van der Waals surface area contributed by atoms with Gasteiger partial charge in [0.2, 0.25) is 0 Å². The minimum absolute atomic E-state index is 0.00684. The first-order valence-corrected chi connectivity index (χ1v) is 108. The Morgan fingerprint density at radius 2 is 0.645 bits per heavy atom. The number of halogens is 15. The largest absolute Gasteiger partial charge is 0.411 e. The van der Waals surface area contributed by atoms with E-state index in [1.807, 2.05) is 139 Å². The van der Waals surface area contributed by atoms with Crippen molar-refractivity contribution in [3.05, 3.63) is 179 Å². The van der Waals surface area contributed by atoms with Gasteiger partial charge in [-0.25, -0.2) is 0 Å². The normalized spacial score (nSPS) is 12.5. The first kappa shape index (κ1) is 112. The molecule has 0 heterocycles. The molecule has 0 aromatic heterocycles. The minimum atomic E-state index is -4.13. The maximum Gasteiger partial charge on any atom is 0.145 e. The predicted octanol–water partition coefficient (Wildman–Crippen LogP) is 25.8. The van der Waals surface area contributed by atoms with Crippen molar-refractivity contribution in [1.82, 2.24) is 0 Å². The summed E-state index contributed by atoms with van der Waals surface area (Å²) in [7, 11) is -9.37. The number of benzene rings is 6. The molecule has 6 aromatic rings. The van der Waals surface area contributed by atoms with Crippen LogP contribution in [0, 0.1) is 41.5 Å². The number of hydrogen-bond donors (Lipinski definition) is 6. The van der Waals surface area contributed by atoms with E-state index in [1.165, 1.54) is 94.9 Å². The summed E-state index contributed by atoms with van der Waals surface area (Å²) in [6.07, 6.45) is 13.0. The summed E-state index contributed by atoms with van der Waals surface area (Å²) in [6, 6.07) is 44.4. The van der Waals surface area contributed by atoms with Gasteiger partial charge in [0.05, 0.1) is 0 Å². The van der Waals surface area contributed by atoms with Gasteiger partial charge in [-0.1, -0.05) is 207 Å². The number of hydrogen-bond acceptors (Lipinski definition) is 26. The van der Waals surface area contributed by atoms with E-state index in [0.29, 0.717) is 117 Å². The maximum absolute atomic E-state index is 12.8. The molecule has 43 heteroatoms. The van der Waals surface area contributed by atoms with Crippen LogP contribution in [0.5, 0.6) is 0 Å². The van der Waals surface area contributed by atoms with Crippen LogP contribution in [0.15, 0.2) is 216 Å². The van der Waals surface area contributed by atoms with Gasteiger partial charge < -0.3 is 40.8 Å². The van der Waals surface area contributed by atoms with E-state index in [2.05, 4.69) is 190 Å². The van der Waals surface area contributed by atoms with Crippen LogP contribution in [0.2, 0.25) is 0 Å². The van der Waals surface area contributed by atoms with Crippen molar-refractivity contribution in [3.8, 4) is 0 Å². The molecule has 22 nitrogen and oxygen atoms in total. The number of aldehydes is 2. The molecule has 110 heavy (non-hydrogen) atoms. The number of unbranched alkanes of at least 4 members (excludes halogenated alkanes) is 4. The molecule has 0 atom stereocenters. The quantitative estimate of drug-likeness (QED) is 0.00326. The van der Waals surface area contributed by atoms with Crippen LogP contribution < -0.4 is 13.3 Å². The fraction of sp³-hybridized carbons (Fsp3) is 0.313. The number of oxime groups is 8. The molecule has 616 valence electrons. The molecule has 0 fully saturated rings. The van der Waals surface area contributed by atoms with E-state index >= 15 is 0 Å². The predicted molar refractivity (Wildman–Crippen MR) is 561 cm³/mol. The molecule has 0 unspecified atom stereocenters. The summed E-state index contributed by atoms with van der Waals surface area (Å²) in [5.74, 6) is 0. The van der Waals surface area contributed by atoms with Crippen molar-refractivity contribution >= 4 is 327 Å². The summed E-state index contributed by atoms with van der Waals surface area (Å²) in [4.78, 5) is 23.0. The Hall–Kier alpha value is 1.79. The fourth-order valence-electron chi connectivity index (χ4n) is 7.10. The molecule has 6 rings (SSSR count). The monoisotopic (exact) mass is 3130 g/mol. The summed E-state index contributed by atoms with van der Waals surface area (Å²) < 4.78 is 61.6. The van der Waals surface area contributed by atoms with E-state index in [-0.39, 0.29) is 51.7 Å². The van der Waals surface area contributed by atoms with Crippen LogP contribution in [0.4, 0.5) is 0 Å². The van der Waals surface area contributed by atoms with Crippen molar-refractivity contribution < 1.29 is 79.5 Å². The van der Waals surface area contributed by atoms with E-state index < -0.39 is 20.2 Å². The van der Waals surface area contributed by atoms with Crippen molar-refractivity contribution in [2.24, 2.45) is 41.2 Å². The summed E-state index contributed by atoms with van der Waals surface area (Å²) in [5.41, 5.74) is 6.41. The zero-order valence-electron chi connectivity index (χ0n) is 59.4. The molecular formula is C67H82Cl2I13N8O14S6-. The summed E-state index contributed by atoms with van der Waals surface area (Å²) in [5, 5.41) is 78.8. The number of carbonyl (C=O) groups excluding carboxylic acids is 2. The van der Waals surface area contributed by atoms with Crippen LogP contribution in [0.3, 0.4) is 0 Å². The number of carbonyl (C=O) groups is 2. The molecule has 0 radical (unpaired) electrons. The van der Waals surface area contributed by atoms with Gasteiger partial charge in [0.1, 0.15) is 52.9 Å². The smallest absolute Gasteiger partial charge is 0.145 e. The number of nitrogens with zero attached hydrogens (tertiary/aromatic N) is 8. The Kier molecular flexibility index (Phi) is 71.5. The Morgan fingerprint density at radius 3 is 0.873 bits per heavy atom. The average molecular weight is 3140 g/mol. The molecular weight excluding hydrogens is 3050 g/mol. The topological polar surface area (TPSA) is 341 Å². The van der Waals surface area contributed by atoms with Crippen molar-refractivity contribution in [3.63, 3.8) is 0 Å². The van der Waals surface area contributed by atoms with Gasteiger partial charge in [-0.05, 0) is 185 Å². The van der Waals surface area contributed by atoms with Gasteiger partial charge in [-0.3, -0.25) is 8.57 Å². The van der Waals surface area contributed by atoms with Crippen LogP contribution in [0.25, 0.3) is 0 Å². The van der Waals surface area contributed by atoms with E-state index in [4.69, 9.17) is 52.6 Å². The molecule has 0 bridgehead atoms. The molecule has 0 saturated heterocycles. The maximum atomic E-state index is 12.8. The first-order valence-electron chi connectivity index (χ1n) is 31.6. The van der Waals surface area contributed by atoms with Crippen LogP contribution >= 0.6 is 251 Å². The van der Waals surface area contributed by atoms with Gasteiger partial charge in [-0.15, -0.1) is 10.3 Å². The Morgan fingerprint density at radius 1 is 0.391 bits per heavy atom. The molecule has 6 N–H and O–H groups in total. The fourth-order valence-corrected chi connectivity index (χ4v) is 222. The second-order valence-electron chi connectivity index (χ2n) is 21.3. The molecule has 0 amide bonds. The van der Waals surface area contributed by atoms with Crippen molar-refractivity contribution in [2.45, 2.75) is 167 Å². The zero-order valence-corrected chi connectivity index (χ0v) is 93.9. The van der Waals surface area contributed by atoms with E-state index in [1.54, 1.807) is 24.3 Å². The first-order chi connectivity index (χ1) is 52.3. The minimum Gasteiger partial charge on any atom is -0.411 e. The van der Waals surface area contributed by atoms with E-state index in [0.717, 1.165) is 67.2 Å². The third-order valence-electron chi connectivity index (χ3n) is 12.6. The van der Waals surface area contributed by atoms with Crippen LogP contribution in [-0.2, 0) is 38.4 Å². The Labute approximate surface area is 778 Å². The molecule has 0 aliphatic heterocycles. The number of thioether (sulfide) groups is 4. The Balaban J connectivity index is 0.00000151. The van der Waals surface area contributed by atoms with Crippen LogP contribution in [-0.4, -0.2) is 104 Å². The Bertz CT molecular complexity index is 3790. The van der Waals surface area contributed by atoms with Crippen molar-refractivity contribution in [2.75, 3.05) is 0 Å². The zero-order chi connectivity index (χ0) is 82.7. The second-order valence-corrected chi connectivity index (χ2v) is 241. The van der Waals surface area contributed by atoms with Gasteiger partial charge in [-0.2, -0.15) is 16.8 Å². The third kappa shape index (κ3) is 59.5. The summed E-state index contributed by atoms with van der Waals surface area (Å²) >= 11 is 38.2. The third-order valence-corrected chi connectivity index (χ3v) is 433. The molecule has 0 aliphatic rings. The van der Waals surface area contributed by atoms with Gasteiger partial charge in [0, 0.05) is 57.7 Å². The molecule has 0 aliphatic carbocycles. The number of rotatable bonds is 33. The van der Waals surface area contributed by atoms with E-state index in [9.17, 15) is 36.8 Å². The SMILES string of the molecule is Cc1ccc(SC(CCCC(=NO)Sc2ccc(C)cc2)=NO)cc1.Cc1ccc(SC(CCCC(=NOS(=O)(=O)c2ccc(C)cc2)Sc2ccc(C)cc2)=NOS(=O)(=O)c2ccc(C)cc2)cc1.II(I)I(I)I.I[I-]I(I)I(I)I.O=CCCCC=O.ON=C(Cl)CCCC(Cl)=NO.ON=CCCCC=NO. The van der Waals surface area contributed by atoms with Gasteiger partial charge >= 0.3 is 214 Å². The summed E-state index contributed by atoms with van der Waals surface area (Å²) in [6.45, 7) is 11.8. The molecule has 6 aromatic carbocycles. The standard InChI is InChI=1S/C33H34N2O6S4.C19H22N2O2S2.C5H8Cl2N2O2.C5H10N2O2.C5H8O2.I7.I6/c1-24-8-16-28(17-9-24)42-32(34-40-44(36,37)30-20-12-26(3)13-21-30)6-5-7-33(43-29-18-10-25(2)11-19-29)35-41-45(38,39)31-22-14-27(4)15-23-31;1-14-6-10-16(11-7-14)24-18(20-22)4-3-5-19(21-23)25-17-12-8-15(2)9-13-17;6-4(8-10)2-1-3-5(7)9-11;8-6-4-2-1-3-5-7-9;6-4-2-1-3-5-7;1-5-7(4)6(2)3;1-5(2)6(3)4/h8-23H,5-7H2,1-4H3;6-13,22-23H,3-5H2,1-2H3;10-11H,1-3H2;4-5,8-9H,1-3H2;4-5H,1-3H2;;/q;;;;;-1;.